The average Bonchev–Trinajstić information content (AvgIpc) is 2.74. The van der Waals surface area contributed by atoms with Crippen molar-refractivity contribution in [2.24, 2.45) is 11.8 Å². The van der Waals surface area contributed by atoms with E-state index in [2.05, 4.69) is 35.9 Å². The third kappa shape index (κ3) is 4.01. The van der Waals surface area contributed by atoms with E-state index in [0.717, 1.165) is 36.1 Å². The molecule has 1 aromatic heterocycles. The minimum absolute atomic E-state index is 0.637. The minimum atomic E-state index is 0.637. The molecule has 0 spiro atoms. The van der Waals surface area contributed by atoms with E-state index in [9.17, 15) is 0 Å². The maximum absolute atomic E-state index is 6.50. The molecule has 1 aliphatic carbocycles. The summed E-state index contributed by atoms with van der Waals surface area (Å²) < 4.78 is 2.09. The number of rotatable bonds is 6. The van der Waals surface area contributed by atoms with Crippen LogP contribution in [0.25, 0.3) is 0 Å². The Kier molecular flexibility index (Phi) is 6.12. The highest BCUT2D eigenvalue weighted by Crippen LogP contribution is 2.33. The molecule has 3 unspecified atom stereocenters. The van der Waals surface area contributed by atoms with Crippen LogP contribution in [0, 0.1) is 18.8 Å². The highest BCUT2D eigenvalue weighted by Gasteiger charge is 2.30. The zero-order chi connectivity index (χ0) is 15.4. The van der Waals surface area contributed by atoms with E-state index >= 15 is 0 Å². The predicted octanol–water partition coefficient (Wildman–Crippen LogP) is 4.21. The van der Waals surface area contributed by atoms with Gasteiger partial charge in [0.25, 0.3) is 0 Å². The van der Waals surface area contributed by atoms with Gasteiger partial charge in [-0.1, -0.05) is 25.4 Å². The Morgan fingerprint density at radius 3 is 2.76 bits per heavy atom. The van der Waals surface area contributed by atoms with Crippen molar-refractivity contribution in [3.05, 3.63) is 16.4 Å². The number of hydrogen-bond acceptors (Lipinski definition) is 2. The predicted molar refractivity (Wildman–Crippen MR) is 89.9 cm³/mol. The first-order valence-corrected chi connectivity index (χ1v) is 8.89. The van der Waals surface area contributed by atoms with Gasteiger partial charge in [0.1, 0.15) is 0 Å². The summed E-state index contributed by atoms with van der Waals surface area (Å²) in [6.45, 7) is 10.8. The van der Waals surface area contributed by atoms with E-state index in [1.165, 1.54) is 31.4 Å². The van der Waals surface area contributed by atoms with Crippen molar-refractivity contribution in [2.45, 2.75) is 72.4 Å². The molecule has 1 N–H and O–H groups in total. The summed E-state index contributed by atoms with van der Waals surface area (Å²) in [5.41, 5.74) is 2.20. The molecule has 0 amide bonds. The maximum atomic E-state index is 6.50. The van der Waals surface area contributed by atoms with Crippen molar-refractivity contribution >= 4 is 11.6 Å². The van der Waals surface area contributed by atoms with Crippen LogP contribution < -0.4 is 5.32 Å². The van der Waals surface area contributed by atoms with Crippen molar-refractivity contribution in [3.63, 3.8) is 0 Å². The van der Waals surface area contributed by atoms with Crippen LogP contribution in [-0.4, -0.2) is 22.4 Å². The Balaban J connectivity index is 2.14. The number of nitrogens with zero attached hydrogens (tertiary/aromatic N) is 2. The second-order valence-electron chi connectivity index (χ2n) is 6.60. The molecule has 21 heavy (non-hydrogen) atoms. The standard InChI is InChI=1S/C17H30ClN3/c1-5-9-19-15-8-7-12(3)10-14(15)11-16-17(18)13(4)20-21(16)6-2/h12,14-15,19H,5-11H2,1-4H3. The minimum Gasteiger partial charge on any atom is -0.314 e. The summed E-state index contributed by atoms with van der Waals surface area (Å²) >= 11 is 6.50. The van der Waals surface area contributed by atoms with Crippen molar-refractivity contribution in [2.75, 3.05) is 6.54 Å². The van der Waals surface area contributed by atoms with E-state index in [1.54, 1.807) is 0 Å². The summed E-state index contributed by atoms with van der Waals surface area (Å²) in [5, 5.41) is 9.20. The van der Waals surface area contributed by atoms with Gasteiger partial charge in [0.2, 0.25) is 0 Å². The number of halogens is 1. The van der Waals surface area contributed by atoms with Gasteiger partial charge in [-0.3, -0.25) is 4.68 Å². The normalized spacial score (nSPS) is 26.2. The lowest BCUT2D eigenvalue weighted by atomic mass is 9.76. The fourth-order valence-corrected chi connectivity index (χ4v) is 3.85. The van der Waals surface area contributed by atoms with Gasteiger partial charge >= 0.3 is 0 Å². The molecule has 0 saturated heterocycles. The zero-order valence-electron chi connectivity index (χ0n) is 14.0. The monoisotopic (exact) mass is 311 g/mol. The van der Waals surface area contributed by atoms with Crippen LogP contribution in [-0.2, 0) is 13.0 Å². The first kappa shape index (κ1) is 16.8. The number of aromatic nitrogens is 2. The Morgan fingerprint density at radius 2 is 2.10 bits per heavy atom. The van der Waals surface area contributed by atoms with Crippen LogP contribution in [0.5, 0.6) is 0 Å². The van der Waals surface area contributed by atoms with E-state index in [-0.39, 0.29) is 0 Å². The van der Waals surface area contributed by atoms with Gasteiger partial charge in [-0.05, 0) is 64.3 Å². The largest absolute Gasteiger partial charge is 0.314 e. The molecule has 120 valence electrons. The Morgan fingerprint density at radius 1 is 1.33 bits per heavy atom. The van der Waals surface area contributed by atoms with E-state index in [1.807, 2.05) is 6.92 Å². The molecule has 1 aliphatic rings. The van der Waals surface area contributed by atoms with Crippen LogP contribution in [0.3, 0.4) is 0 Å². The smallest absolute Gasteiger partial charge is 0.0847 e. The third-order valence-corrected chi connectivity index (χ3v) is 5.30. The van der Waals surface area contributed by atoms with Crippen LogP contribution in [0.2, 0.25) is 5.02 Å². The van der Waals surface area contributed by atoms with Gasteiger partial charge in [0.15, 0.2) is 0 Å². The van der Waals surface area contributed by atoms with Crippen LogP contribution in [0.15, 0.2) is 0 Å². The lowest BCUT2D eigenvalue weighted by Gasteiger charge is -2.36. The molecule has 1 heterocycles. The molecule has 1 fully saturated rings. The average molecular weight is 312 g/mol. The summed E-state index contributed by atoms with van der Waals surface area (Å²) in [6.07, 6.45) is 6.19. The van der Waals surface area contributed by atoms with Gasteiger partial charge in [-0.2, -0.15) is 5.10 Å². The first-order chi connectivity index (χ1) is 10.1. The molecule has 0 aliphatic heterocycles. The molecule has 1 aromatic rings. The lowest BCUT2D eigenvalue weighted by molar-refractivity contribution is 0.209. The Bertz CT molecular complexity index is 453. The molecule has 3 nitrogen and oxygen atoms in total. The molecule has 1 saturated carbocycles. The van der Waals surface area contributed by atoms with E-state index in [4.69, 9.17) is 11.6 Å². The van der Waals surface area contributed by atoms with Gasteiger partial charge in [0.05, 0.1) is 16.4 Å². The van der Waals surface area contributed by atoms with Crippen molar-refractivity contribution in [1.82, 2.24) is 15.1 Å². The van der Waals surface area contributed by atoms with Crippen molar-refractivity contribution in [3.8, 4) is 0 Å². The quantitative estimate of drug-likeness (QED) is 0.853. The van der Waals surface area contributed by atoms with Gasteiger partial charge in [0, 0.05) is 12.6 Å². The fourth-order valence-electron chi connectivity index (χ4n) is 3.64. The maximum Gasteiger partial charge on any atom is 0.0847 e. The fraction of sp³-hybridized carbons (Fsp3) is 0.824. The highest BCUT2D eigenvalue weighted by atomic mass is 35.5. The van der Waals surface area contributed by atoms with Gasteiger partial charge in [-0.15, -0.1) is 0 Å². The molecular weight excluding hydrogens is 282 g/mol. The number of nitrogens with one attached hydrogen (secondary N) is 1. The second kappa shape index (κ2) is 7.64. The summed E-state index contributed by atoms with van der Waals surface area (Å²) in [4.78, 5) is 0. The highest BCUT2D eigenvalue weighted by molar-refractivity contribution is 6.31. The van der Waals surface area contributed by atoms with Crippen LogP contribution in [0.1, 0.15) is 57.8 Å². The topological polar surface area (TPSA) is 29.9 Å². The van der Waals surface area contributed by atoms with Crippen LogP contribution >= 0.6 is 11.6 Å². The van der Waals surface area contributed by atoms with Crippen LogP contribution in [0.4, 0.5) is 0 Å². The molecule has 0 aromatic carbocycles. The van der Waals surface area contributed by atoms with Gasteiger partial charge in [-0.25, -0.2) is 0 Å². The Labute approximate surface area is 134 Å². The van der Waals surface area contributed by atoms with Crippen molar-refractivity contribution < 1.29 is 0 Å². The molecule has 4 heteroatoms. The summed E-state index contributed by atoms with van der Waals surface area (Å²) in [7, 11) is 0. The molecular formula is C17H30ClN3. The molecule has 0 bridgehead atoms. The zero-order valence-corrected chi connectivity index (χ0v) is 14.7. The van der Waals surface area contributed by atoms with E-state index in [0.29, 0.717) is 12.0 Å². The van der Waals surface area contributed by atoms with E-state index < -0.39 is 0 Å². The lowest BCUT2D eigenvalue weighted by Crippen LogP contribution is -2.41. The second-order valence-corrected chi connectivity index (χ2v) is 6.98. The Hall–Kier alpha value is -0.540. The number of hydrogen-bond donors (Lipinski definition) is 1. The molecule has 2 rings (SSSR count). The van der Waals surface area contributed by atoms with Crippen molar-refractivity contribution in [1.29, 1.82) is 0 Å². The third-order valence-electron chi connectivity index (χ3n) is 4.81. The molecule has 3 atom stereocenters. The summed E-state index contributed by atoms with van der Waals surface area (Å²) in [5.74, 6) is 1.51. The molecule has 0 radical (unpaired) electrons. The van der Waals surface area contributed by atoms with Gasteiger partial charge < -0.3 is 5.32 Å². The summed E-state index contributed by atoms with van der Waals surface area (Å²) in [6, 6.07) is 0.637. The number of aryl methyl sites for hydroxylation is 2. The SMILES string of the molecule is CCCNC1CCC(C)CC1Cc1c(Cl)c(C)nn1CC. The first-order valence-electron chi connectivity index (χ1n) is 8.51.